The van der Waals surface area contributed by atoms with Crippen molar-refractivity contribution in [1.82, 2.24) is 9.80 Å². The Kier molecular flexibility index (Phi) is 5.02. The van der Waals surface area contributed by atoms with Gasteiger partial charge in [-0.2, -0.15) is 0 Å². The molecule has 3 heterocycles. The molecule has 2 aliphatic heterocycles. The van der Waals surface area contributed by atoms with Crippen LogP contribution in [0.15, 0.2) is 16.7 Å². The number of carbonyl (C=O) groups excluding carboxylic acids is 2. The van der Waals surface area contributed by atoms with E-state index in [1.54, 1.807) is 6.26 Å². The minimum absolute atomic E-state index is 0.113. The summed E-state index contributed by atoms with van der Waals surface area (Å²) in [5.41, 5.74) is 0.604. The lowest BCUT2D eigenvalue weighted by molar-refractivity contribution is -0.150. The molecular formula is C20H28N2O4. The first kappa shape index (κ1) is 17.6. The summed E-state index contributed by atoms with van der Waals surface area (Å²) in [7, 11) is 0. The van der Waals surface area contributed by atoms with E-state index < -0.39 is 5.41 Å². The number of hydrogen-bond acceptors (Lipinski definition) is 4. The van der Waals surface area contributed by atoms with Crippen molar-refractivity contribution in [3.05, 3.63) is 23.7 Å². The lowest BCUT2D eigenvalue weighted by Crippen LogP contribution is -2.47. The first-order valence-corrected chi connectivity index (χ1v) is 9.88. The van der Waals surface area contributed by atoms with E-state index in [4.69, 9.17) is 9.15 Å². The normalized spacial score (nSPS) is 22.8. The molecule has 26 heavy (non-hydrogen) atoms. The average molecular weight is 360 g/mol. The smallest absolute Gasteiger partial charge is 0.229 e. The third-order valence-electron chi connectivity index (χ3n) is 6.19. The van der Waals surface area contributed by atoms with E-state index in [1.807, 2.05) is 15.9 Å². The third kappa shape index (κ3) is 3.39. The lowest BCUT2D eigenvalue weighted by Gasteiger charge is -2.36. The van der Waals surface area contributed by atoms with Crippen LogP contribution in [0.25, 0.3) is 0 Å². The molecule has 1 saturated carbocycles. The molecule has 2 fully saturated rings. The summed E-state index contributed by atoms with van der Waals surface area (Å²) >= 11 is 0. The molecule has 0 atom stereocenters. The average Bonchev–Trinajstić information content (AvgIpc) is 3.27. The lowest BCUT2D eigenvalue weighted by atomic mass is 9.80. The fraction of sp³-hybridized carbons (Fsp3) is 0.700. The van der Waals surface area contributed by atoms with Crippen LogP contribution in [-0.2, 0) is 27.3 Å². The van der Waals surface area contributed by atoms with Gasteiger partial charge in [0.05, 0.1) is 24.9 Å². The predicted octanol–water partition coefficient (Wildman–Crippen LogP) is 2.36. The van der Waals surface area contributed by atoms with Gasteiger partial charge < -0.3 is 19.0 Å². The molecule has 0 radical (unpaired) electrons. The van der Waals surface area contributed by atoms with E-state index >= 15 is 0 Å². The standard InChI is InChI=1S/C20H28N2O4/c23-18(21-9-12-25-13-10-21)14-20(6-1-2-7-20)19(24)22-8-3-4-17-16(15-22)5-11-26-17/h5,11H,1-4,6-10,12-15H2. The van der Waals surface area contributed by atoms with E-state index in [9.17, 15) is 9.59 Å². The van der Waals surface area contributed by atoms with Gasteiger partial charge in [-0.3, -0.25) is 9.59 Å². The Hall–Kier alpha value is -1.82. The van der Waals surface area contributed by atoms with Crippen LogP contribution in [0.5, 0.6) is 0 Å². The van der Waals surface area contributed by atoms with Crippen LogP contribution in [0.3, 0.4) is 0 Å². The molecule has 0 unspecified atom stereocenters. The highest BCUT2D eigenvalue weighted by Crippen LogP contribution is 2.44. The monoisotopic (exact) mass is 360 g/mol. The second-order valence-electron chi connectivity index (χ2n) is 7.86. The molecule has 0 bridgehead atoms. The molecule has 6 heteroatoms. The molecule has 1 aromatic rings. The number of fused-ring (bicyclic) bond motifs is 1. The quantitative estimate of drug-likeness (QED) is 0.830. The zero-order valence-electron chi connectivity index (χ0n) is 15.4. The molecular weight excluding hydrogens is 332 g/mol. The number of nitrogens with zero attached hydrogens (tertiary/aromatic N) is 2. The van der Waals surface area contributed by atoms with Crippen molar-refractivity contribution in [2.75, 3.05) is 32.8 Å². The molecule has 0 N–H and O–H groups in total. The summed E-state index contributed by atoms with van der Waals surface area (Å²) in [6.45, 7) is 3.84. The van der Waals surface area contributed by atoms with Gasteiger partial charge in [0.15, 0.2) is 0 Å². The summed E-state index contributed by atoms with van der Waals surface area (Å²) in [5.74, 6) is 1.29. The highest BCUT2D eigenvalue weighted by atomic mass is 16.5. The Labute approximate surface area is 154 Å². The number of furan rings is 1. The fourth-order valence-electron chi connectivity index (χ4n) is 4.68. The van der Waals surface area contributed by atoms with Crippen LogP contribution in [0.1, 0.15) is 49.8 Å². The largest absolute Gasteiger partial charge is 0.469 e. The van der Waals surface area contributed by atoms with Crippen LogP contribution in [0, 0.1) is 5.41 Å². The van der Waals surface area contributed by atoms with Gasteiger partial charge in [0, 0.05) is 44.6 Å². The number of amides is 2. The van der Waals surface area contributed by atoms with Crippen molar-refractivity contribution >= 4 is 11.8 Å². The van der Waals surface area contributed by atoms with Gasteiger partial charge in [-0.1, -0.05) is 12.8 Å². The highest BCUT2D eigenvalue weighted by Gasteiger charge is 2.46. The first-order valence-electron chi connectivity index (χ1n) is 9.88. The number of carbonyl (C=O) groups is 2. The second-order valence-corrected chi connectivity index (χ2v) is 7.86. The van der Waals surface area contributed by atoms with Gasteiger partial charge in [-0.15, -0.1) is 0 Å². The summed E-state index contributed by atoms with van der Waals surface area (Å²) in [6.07, 6.45) is 7.59. The Morgan fingerprint density at radius 2 is 1.81 bits per heavy atom. The first-order chi connectivity index (χ1) is 12.7. The van der Waals surface area contributed by atoms with Gasteiger partial charge >= 0.3 is 0 Å². The van der Waals surface area contributed by atoms with E-state index in [1.165, 1.54) is 0 Å². The van der Waals surface area contributed by atoms with Crippen LogP contribution in [0.2, 0.25) is 0 Å². The number of ether oxygens (including phenoxy) is 1. The predicted molar refractivity (Wildman–Crippen MR) is 95.4 cm³/mol. The van der Waals surface area contributed by atoms with Gasteiger partial charge in [-0.05, 0) is 25.3 Å². The topological polar surface area (TPSA) is 63.0 Å². The molecule has 6 nitrogen and oxygen atoms in total. The van der Waals surface area contributed by atoms with Gasteiger partial charge in [0.25, 0.3) is 0 Å². The Morgan fingerprint density at radius 1 is 1.04 bits per heavy atom. The Morgan fingerprint density at radius 3 is 2.58 bits per heavy atom. The summed E-state index contributed by atoms with van der Waals surface area (Å²) in [5, 5.41) is 0. The number of rotatable bonds is 3. The summed E-state index contributed by atoms with van der Waals surface area (Å²) < 4.78 is 10.9. The maximum atomic E-state index is 13.5. The Bertz CT molecular complexity index is 657. The summed E-state index contributed by atoms with van der Waals surface area (Å²) in [4.78, 5) is 30.2. The van der Waals surface area contributed by atoms with Gasteiger partial charge in [-0.25, -0.2) is 0 Å². The maximum absolute atomic E-state index is 13.5. The molecule has 1 aliphatic carbocycles. The number of morpholine rings is 1. The maximum Gasteiger partial charge on any atom is 0.229 e. The Balaban J connectivity index is 1.50. The molecule has 3 aliphatic rings. The van der Waals surface area contributed by atoms with E-state index in [0.29, 0.717) is 39.3 Å². The van der Waals surface area contributed by atoms with Crippen LogP contribution < -0.4 is 0 Å². The molecule has 1 aromatic heterocycles. The SMILES string of the molecule is O=C(CC1(C(=O)N2CCCc3occc3C2)CCCC1)N1CCOCC1. The van der Waals surface area contributed by atoms with E-state index in [0.717, 1.165) is 56.4 Å². The molecule has 0 spiro atoms. The van der Waals surface area contributed by atoms with Crippen molar-refractivity contribution in [1.29, 1.82) is 0 Å². The van der Waals surface area contributed by atoms with Crippen molar-refractivity contribution < 1.29 is 18.7 Å². The molecule has 1 saturated heterocycles. The fourth-order valence-corrected chi connectivity index (χ4v) is 4.68. The third-order valence-corrected chi connectivity index (χ3v) is 6.19. The zero-order valence-corrected chi connectivity index (χ0v) is 15.4. The van der Waals surface area contributed by atoms with Crippen molar-refractivity contribution in [2.45, 2.75) is 51.5 Å². The molecule has 142 valence electrons. The molecule has 4 rings (SSSR count). The second kappa shape index (κ2) is 7.43. The van der Waals surface area contributed by atoms with Gasteiger partial charge in [0.2, 0.25) is 11.8 Å². The van der Waals surface area contributed by atoms with Crippen molar-refractivity contribution in [2.24, 2.45) is 5.41 Å². The number of aryl methyl sites for hydroxylation is 1. The van der Waals surface area contributed by atoms with Crippen molar-refractivity contribution in [3.8, 4) is 0 Å². The minimum Gasteiger partial charge on any atom is -0.469 e. The van der Waals surface area contributed by atoms with E-state index in [2.05, 4.69) is 0 Å². The van der Waals surface area contributed by atoms with Crippen LogP contribution in [0.4, 0.5) is 0 Å². The van der Waals surface area contributed by atoms with E-state index in [-0.39, 0.29) is 11.8 Å². The number of hydrogen-bond donors (Lipinski definition) is 0. The van der Waals surface area contributed by atoms with Crippen molar-refractivity contribution in [3.63, 3.8) is 0 Å². The minimum atomic E-state index is -0.510. The van der Waals surface area contributed by atoms with Crippen LogP contribution in [-0.4, -0.2) is 54.5 Å². The molecule has 0 aromatic carbocycles. The summed E-state index contributed by atoms with van der Waals surface area (Å²) in [6, 6.07) is 1.97. The van der Waals surface area contributed by atoms with Crippen LogP contribution >= 0.6 is 0 Å². The van der Waals surface area contributed by atoms with Gasteiger partial charge in [0.1, 0.15) is 5.76 Å². The molecule has 2 amide bonds. The zero-order chi connectivity index (χ0) is 18.0. The highest BCUT2D eigenvalue weighted by molar-refractivity contribution is 5.89.